The van der Waals surface area contributed by atoms with Gasteiger partial charge in [-0.2, -0.15) is 4.98 Å². The molecule has 1 atom stereocenters. The molecule has 0 aliphatic carbocycles. The second-order valence-corrected chi connectivity index (χ2v) is 7.46. The molecule has 7 nitrogen and oxygen atoms in total. The van der Waals surface area contributed by atoms with Crippen molar-refractivity contribution in [1.29, 1.82) is 0 Å². The van der Waals surface area contributed by atoms with Crippen molar-refractivity contribution in [2.45, 2.75) is 39.7 Å². The first-order valence-electron chi connectivity index (χ1n) is 8.54. The highest BCUT2D eigenvalue weighted by Gasteiger charge is 2.26. The molecule has 0 spiro atoms. The fraction of sp³-hybridized carbons (Fsp3) is 0.529. The number of ether oxygens (including phenoxy) is 1. The maximum atomic E-state index is 5.92. The van der Waals surface area contributed by atoms with Crippen LogP contribution in [0.2, 0.25) is 0 Å². The lowest BCUT2D eigenvalue weighted by Gasteiger charge is -2.33. The molecule has 0 saturated carbocycles. The maximum absolute atomic E-state index is 5.92. The number of anilines is 1. The molecule has 4 rings (SSSR count). The molecule has 3 aromatic rings. The van der Waals surface area contributed by atoms with E-state index in [0.717, 1.165) is 30.2 Å². The van der Waals surface area contributed by atoms with E-state index in [9.17, 15) is 0 Å². The van der Waals surface area contributed by atoms with Gasteiger partial charge in [-0.1, -0.05) is 12.1 Å². The minimum atomic E-state index is 0.0288. The highest BCUT2D eigenvalue weighted by molar-refractivity contribution is 7.18. The van der Waals surface area contributed by atoms with Crippen molar-refractivity contribution >= 4 is 27.4 Å². The summed E-state index contributed by atoms with van der Waals surface area (Å²) in [7, 11) is 0. The number of thiophene rings is 1. The van der Waals surface area contributed by atoms with Crippen LogP contribution in [0.5, 0.6) is 0 Å². The van der Waals surface area contributed by atoms with Gasteiger partial charge in [0.15, 0.2) is 5.82 Å². The fourth-order valence-electron chi connectivity index (χ4n) is 3.16. The molecule has 0 amide bonds. The Labute approximate surface area is 150 Å². The minimum absolute atomic E-state index is 0.0288. The zero-order valence-corrected chi connectivity index (χ0v) is 15.5. The van der Waals surface area contributed by atoms with E-state index in [0.29, 0.717) is 24.7 Å². The van der Waals surface area contributed by atoms with Gasteiger partial charge < -0.3 is 14.2 Å². The Morgan fingerprint density at radius 3 is 3.00 bits per heavy atom. The number of aryl methyl sites for hydroxylation is 3. The summed E-state index contributed by atoms with van der Waals surface area (Å²) >= 11 is 1.72. The summed E-state index contributed by atoms with van der Waals surface area (Å²) < 4.78 is 11.1. The van der Waals surface area contributed by atoms with Gasteiger partial charge in [-0.05, 0) is 19.4 Å². The summed E-state index contributed by atoms with van der Waals surface area (Å²) in [4.78, 5) is 18.0. The van der Waals surface area contributed by atoms with E-state index >= 15 is 0 Å². The number of fused-ring (bicyclic) bond motifs is 1. The normalized spacial score (nSPS) is 18.2. The molecule has 1 aliphatic heterocycles. The number of aromatic nitrogens is 4. The van der Waals surface area contributed by atoms with Crippen molar-refractivity contribution in [2.75, 3.05) is 24.6 Å². The quantitative estimate of drug-likeness (QED) is 0.709. The van der Waals surface area contributed by atoms with E-state index in [-0.39, 0.29) is 6.10 Å². The smallest absolute Gasteiger partial charge is 0.226 e. The molecule has 4 heterocycles. The van der Waals surface area contributed by atoms with Crippen molar-refractivity contribution in [1.82, 2.24) is 20.1 Å². The van der Waals surface area contributed by atoms with Crippen molar-refractivity contribution in [2.24, 2.45) is 0 Å². The van der Waals surface area contributed by atoms with Crippen LogP contribution in [0.1, 0.15) is 29.1 Å². The van der Waals surface area contributed by atoms with Gasteiger partial charge in [0.1, 0.15) is 17.0 Å². The highest BCUT2D eigenvalue weighted by atomic mass is 32.1. The van der Waals surface area contributed by atoms with E-state index in [1.165, 1.54) is 15.8 Å². The van der Waals surface area contributed by atoms with E-state index in [2.05, 4.69) is 38.9 Å². The zero-order valence-electron chi connectivity index (χ0n) is 14.7. The summed E-state index contributed by atoms with van der Waals surface area (Å²) in [6.07, 6.45) is 3.08. The number of hydrogen-bond acceptors (Lipinski definition) is 8. The van der Waals surface area contributed by atoms with E-state index < -0.39 is 0 Å². The van der Waals surface area contributed by atoms with E-state index in [4.69, 9.17) is 9.26 Å². The molecule has 0 N–H and O–H groups in total. The zero-order chi connectivity index (χ0) is 17.4. The lowest BCUT2D eigenvalue weighted by atomic mass is 10.1. The average Bonchev–Trinajstić information content (AvgIpc) is 3.19. The van der Waals surface area contributed by atoms with Crippen molar-refractivity contribution < 1.29 is 9.26 Å². The predicted molar refractivity (Wildman–Crippen MR) is 96.2 cm³/mol. The third kappa shape index (κ3) is 3.11. The van der Waals surface area contributed by atoms with E-state index in [1.54, 1.807) is 17.7 Å². The molecule has 25 heavy (non-hydrogen) atoms. The van der Waals surface area contributed by atoms with Gasteiger partial charge in [0.25, 0.3) is 0 Å². The molecule has 3 aromatic heterocycles. The van der Waals surface area contributed by atoms with Gasteiger partial charge in [0.05, 0.1) is 18.1 Å². The first-order valence-corrected chi connectivity index (χ1v) is 9.36. The van der Waals surface area contributed by atoms with E-state index in [1.807, 2.05) is 6.92 Å². The topological polar surface area (TPSA) is 77.2 Å². The molecule has 8 heteroatoms. The highest BCUT2D eigenvalue weighted by Crippen LogP contribution is 2.34. The van der Waals surface area contributed by atoms with Gasteiger partial charge in [-0.3, -0.25) is 0 Å². The number of hydrogen-bond donors (Lipinski definition) is 0. The van der Waals surface area contributed by atoms with Crippen LogP contribution >= 0.6 is 11.3 Å². The van der Waals surface area contributed by atoms with Crippen LogP contribution in [0.25, 0.3) is 10.2 Å². The van der Waals surface area contributed by atoms with Gasteiger partial charge in [0.2, 0.25) is 5.89 Å². The molecule has 0 bridgehead atoms. The summed E-state index contributed by atoms with van der Waals surface area (Å²) in [6.45, 7) is 8.53. The molecule has 1 fully saturated rings. The standard InChI is InChI=1S/C17H21N5O2S/c1-4-14-20-13(21-24-14)7-12-8-22(5-6-23-12)16-15-10(2)11(3)25-17(15)19-9-18-16/h9,12H,4-8H2,1-3H3/t12-/m1/s1. The third-order valence-electron chi connectivity index (χ3n) is 4.61. The molecule has 1 saturated heterocycles. The maximum Gasteiger partial charge on any atom is 0.226 e. The molecule has 1 aliphatic rings. The summed E-state index contributed by atoms with van der Waals surface area (Å²) in [6, 6.07) is 0. The summed E-state index contributed by atoms with van der Waals surface area (Å²) in [5.41, 5.74) is 1.27. The first-order chi connectivity index (χ1) is 12.2. The Bertz CT molecular complexity index is 890. The minimum Gasteiger partial charge on any atom is -0.374 e. The van der Waals surface area contributed by atoms with Crippen LogP contribution in [0, 0.1) is 13.8 Å². The second-order valence-electron chi connectivity index (χ2n) is 6.26. The van der Waals surface area contributed by atoms with Crippen molar-refractivity contribution in [3.05, 3.63) is 28.5 Å². The summed E-state index contributed by atoms with van der Waals surface area (Å²) in [5.74, 6) is 2.38. The molecular weight excluding hydrogens is 338 g/mol. The van der Waals surface area contributed by atoms with Gasteiger partial charge in [0, 0.05) is 30.8 Å². The lowest BCUT2D eigenvalue weighted by Crippen LogP contribution is -2.44. The van der Waals surface area contributed by atoms with Crippen LogP contribution in [-0.4, -0.2) is 45.9 Å². The largest absolute Gasteiger partial charge is 0.374 e. The molecule has 0 radical (unpaired) electrons. The molecule has 0 aromatic carbocycles. The Morgan fingerprint density at radius 2 is 2.20 bits per heavy atom. The average molecular weight is 359 g/mol. The van der Waals surface area contributed by atoms with Crippen molar-refractivity contribution in [3.8, 4) is 0 Å². The number of nitrogens with zero attached hydrogens (tertiary/aromatic N) is 5. The number of morpholine rings is 1. The van der Waals surface area contributed by atoms with Gasteiger partial charge >= 0.3 is 0 Å². The first kappa shape index (κ1) is 16.4. The third-order valence-corrected chi connectivity index (χ3v) is 5.72. The van der Waals surface area contributed by atoms with Crippen molar-refractivity contribution in [3.63, 3.8) is 0 Å². The fourth-order valence-corrected chi connectivity index (χ4v) is 4.15. The summed E-state index contributed by atoms with van der Waals surface area (Å²) in [5, 5.41) is 5.20. The van der Waals surface area contributed by atoms with Gasteiger partial charge in [-0.15, -0.1) is 11.3 Å². The van der Waals surface area contributed by atoms with Crippen LogP contribution < -0.4 is 4.90 Å². The Hall–Kier alpha value is -2.06. The molecule has 0 unspecified atom stereocenters. The SMILES string of the molecule is CCc1nc(C[C@@H]2CN(c3ncnc4sc(C)c(C)c34)CCO2)no1. The Morgan fingerprint density at radius 1 is 1.32 bits per heavy atom. The predicted octanol–water partition coefficient (Wildman–Crippen LogP) is 2.70. The monoisotopic (exact) mass is 359 g/mol. The second kappa shape index (κ2) is 6.68. The van der Waals surface area contributed by atoms with Crippen LogP contribution in [0.15, 0.2) is 10.9 Å². The Kier molecular flexibility index (Phi) is 4.39. The van der Waals surface area contributed by atoms with Crippen LogP contribution in [0.3, 0.4) is 0 Å². The van der Waals surface area contributed by atoms with Crippen LogP contribution in [0.4, 0.5) is 5.82 Å². The number of rotatable bonds is 4. The molecular formula is C17H21N5O2S. The molecule has 132 valence electrons. The van der Waals surface area contributed by atoms with Gasteiger partial charge in [-0.25, -0.2) is 9.97 Å². The Balaban J connectivity index is 1.57. The lowest BCUT2D eigenvalue weighted by molar-refractivity contribution is 0.0393. The van der Waals surface area contributed by atoms with Crippen LogP contribution in [-0.2, 0) is 17.6 Å².